The van der Waals surface area contributed by atoms with Gasteiger partial charge in [-0.3, -0.25) is 9.78 Å². The van der Waals surface area contributed by atoms with Crippen molar-refractivity contribution < 1.29 is 9.90 Å². The fourth-order valence-corrected chi connectivity index (χ4v) is 4.16. The van der Waals surface area contributed by atoms with Gasteiger partial charge in [0.25, 0.3) is 0 Å². The Morgan fingerprint density at radius 2 is 1.71 bits per heavy atom. The van der Waals surface area contributed by atoms with Crippen molar-refractivity contribution in [1.29, 1.82) is 0 Å². The van der Waals surface area contributed by atoms with Gasteiger partial charge >= 0.3 is 0 Å². The molecule has 2 N–H and O–H groups in total. The molecule has 0 atom stereocenters. The van der Waals surface area contributed by atoms with E-state index in [0.29, 0.717) is 22.0 Å². The van der Waals surface area contributed by atoms with E-state index in [2.05, 4.69) is 20.3 Å². The van der Waals surface area contributed by atoms with Crippen molar-refractivity contribution in [2.75, 3.05) is 5.32 Å². The van der Waals surface area contributed by atoms with Crippen molar-refractivity contribution in [3.63, 3.8) is 0 Å². The third-order valence-electron chi connectivity index (χ3n) is 4.66. The normalized spacial score (nSPS) is 11.4. The molecule has 0 saturated carbocycles. The highest BCUT2D eigenvalue weighted by Crippen LogP contribution is 2.36. The molecule has 0 bridgehead atoms. The number of benzene rings is 3. The number of carbonyl (C=O) groups is 1. The molecule has 0 radical (unpaired) electrons. The van der Waals surface area contributed by atoms with E-state index < -0.39 is 0 Å². The number of para-hydroxylation sites is 3. The van der Waals surface area contributed by atoms with E-state index in [9.17, 15) is 9.90 Å². The van der Waals surface area contributed by atoms with E-state index in [1.165, 1.54) is 17.4 Å². The number of aromatic hydroxyl groups is 1. The van der Waals surface area contributed by atoms with Crippen LogP contribution in [0.5, 0.6) is 5.75 Å². The predicted octanol–water partition coefficient (Wildman–Crippen LogP) is 5.26. The molecule has 1 amide bonds. The van der Waals surface area contributed by atoms with Gasteiger partial charge in [0, 0.05) is 11.8 Å². The quantitative estimate of drug-likeness (QED) is 0.303. The number of fused-ring (bicyclic) bond motifs is 2. The second-order valence-corrected chi connectivity index (χ2v) is 7.86. The molecule has 7 heteroatoms. The van der Waals surface area contributed by atoms with Gasteiger partial charge < -0.3 is 10.4 Å². The van der Waals surface area contributed by atoms with Gasteiger partial charge in [-0.1, -0.05) is 24.3 Å². The largest absolute Gasteiger partial charge is 0.507 e. The number of thiazole rings is 1. The van der Waals surface area contributed by atoms with Crippen molar-refractivity contribution >= 4 is 50.3 Å². The van der Waals surface area contributed by atoms with E-state index in [-0.39, 0.29) is 11.7 Å². The van der Waals surface area contributed by atoms with Gasteiger partial charge in [-0.15, -0.1) is 11.3 Å². The van der Waals surface area contributed by atoms with Crippen LogP contribution in [0.2, 0.25) is 0 Å². The van der Waals surface area contributed by atoms with Gasteiger partial charge in [0.2, 0.25) is 5.91 Å². The maximum Gasteiger partial charge on any atom is 0.248 e. The summed E-state index contributed by atoms with van der Waals surface area (Å²) in [7, 11) is 0. The summed E-state index contributed by atoms with van der Waals surface area (Å²) >= 11 is 1.49. The van der Waals surface area contributed by atoms with Gasteiger partial charge in [-0.25, -0.2) is 9.97 Å². The van der Waals surface area contributed by atoms with Crippen LogP contribution in [-0.4, -0.2) is 26.0 Å². The fraction of sp³-hybridized carbons (Fsp3) is 0. The molecular formula is C24H16N4O2S. The number of hydrogen-bond donors (Lipinski definition) is 2. The molecule has 5 rings (SSSR count). The zero-order chi connectivity index (χ0) is 21.2. The average Bonchev–Trinajstić information content (AvgIpc) is 3.23. The number of amides is 1. The lowest BCUT2D eigenvalue weighted by Crippen LogP contribution is -2.07. The summed E-state index contributed by atoms with van der Waals surface area (Å²) in [6.07, 6.45) is 4.64. The van der Waals surface area contributed by atoms with Crippen LogP contribution in [0.1, 0.15) is 5.69 Å². The molecule has 0 aliphatic rings. The number of carbonyl (C=O) groups excluding carboxylic acids is 1. The Morgan fingerprint density at radius 1 is 0.935 bits per heavy atom. The number of nitrogens with one attached hydrogen (secondary N) is 1. The lowest BCUT2D eigenvalue weighted by atomic mass is 10.2. The minimum Gasteiger partial charge on any atom is -0.507 e. The zero-order valence-electron chi connectivity index (χ0n) is 16.2. The number of phenolic OH excluding ortho intramolecular Hbond substituents is 1. The fourth-order valence-electron chi connectivity index (χ4n) is 3.17. The monoisotopic (exact) mass is 424 g/mol. The molecule has 2 heterocycles. The molecule has 0 aliphatic heterocycles. The van der Waals surface area contributed by atoms with Crippen LogP contribution in [0, 0.1) is 0 Å². The van der Waals surface area contributed by atoms with Crippen LogP contribution < -0.4 is 5.32 Å². The van der Waals surface area contributed by atoms with Crippen LogP contribution in [0.4, 0.5) is 5.69 Å². The first-order chi connectivity index (χ1) is 15.2. The summed E-state index contributed by atoms with van der Waals surface area (Å²) in [5, 5.41) is 13.8. The highest BCUT2D eigenvalue weighted by atomic mass is 32.1. The molecule has 150 valence electrons. The van der Waals surface area contributed by atoms with E-state index in [4.69, 9.17) is 0 Å². The zero-order valence-corrected chi connectivity index (χ0v) is 17.0. The third-order valence-corrected chi connectivity index (χ3v) is 5.73. The van der Waals surface area contributed by atoms with E-state index in [0.717, 1.165) is 21.3 Å². The Balaban J connectivity index is 1.36. The first-order valence-electron chi connectivity index (χ1n) is 9.55. The Bertz CT molecular complexity index is 1430. The molecule has 3 aromatic carbocycles. The molecular weight excluding hydrogens is 408 g/mol. The molecule has 0 fully saturated rings. The number of nitrogens with zero attached hydrogens (tertiary/aromatic N) is 3. The van der Waals surface area contributed by atoms with Crippen LogP contribution in [0.25, 0.3) is 37.9 Å². The van der Waals surface area contributed by atoms with Crippen LogP contribution in [0.3, 0.4) is 0 Å². The number of phenols is 1. The summed E-state index contributed by atoms with van der Waals surface area (Å²) in [6, 6.07) is 20.3. The summed E-state index contributed by atoms with van der Waals surface area (Å²) < 4.78 is 1.03. The molecule has 0 unspecified atom stereocenters. The van der Waals surface area contributed by atoms with Crippen LogP contribution in [-0.2, 0) is 4.79 Å². The Morgan fingerprint density at radius 3 is 2.55 bits per heavy atom. The highest BCUT2D eigenvalue weighted by molar-refractivity contribution is 7.21. The van der Waals surface area contributed by atoms with Crippen molar-refractivity contribution in [2.24, 2.45) is 0 Å². The number of anilines is 1. The molecule has 31 heavy (non-hydrogen) atoms. The topological polar surface area (TPSA) is 88.0 Å². The summed E-state index contributed by atoms with van der Waals surface area (Å²) in [4.78, 5) is 25.8. The maximum atomic E-state index is 12.4. The Labute approximate surface area is 181 Å². The van der Waals surface area contributed by atoms with E-state index >= 15 is 0 Å². The van der Waals surface area contributed by atoms with Crippen molar-refractivity contribution in [1.82, 2.24) is 15.0 Å². The third kappa shape index (κ3) is 3.99. The number of rotatable bonds is 4. The summed E-state index contributed by atoms with van der Waals surface area (Å²) in [5.41, 5.74) is 4.17. The van der Waals surface area contributed by atoms with Gasteiger partial charge in [-0.2, -0.15) is 0 Å². The van der Waals surface area contributed by atoms with Crippen LogP contribution in [0.15, 0.2) is 79.0 Å². The lowest BCUT2D eigenvalue weighted by Gasteiger charge is -2.06. The number of aromatic nitrogens is 3. The Kier molecular flexibility index (Phi) is 4.86. The standard InChI is InChI=1S/C24H16N4O2S/c29-21-11-9-15(13-17(21)24-28-20-7-3-4-8-22(20)31-24)27-23(30)12-10-16-14-25-18-5-1-2-6-19(18)26-16/h1-14,29H,(H,27,30). The first kappa shape index (κ1) is 18.9. The van der Waals surface area contributed by atoms with E-state index in [1.54, 1.807) is 30.5 Å². The lowest BCUT2D eigenvalue weighted by molar-refractivity contribution is -0.111. The second kappa shape index (κ2) is 7.97. The summed E-state index contributed by atoms with van der Waals surface area (Å²) in [5.74, 6) is -0.199. The molecule has 0 saturated heterocycles. The SMILES string of the molecule is O=C(C=Cc1cnc2ccccc2n1)Nc1ccc(O)c(-c2nc3ccccc3s2)c1. The second-order valence-electron chi connectivity index (χ2n) is 6.82. The van der Waals surface area contributed by atoms with Crippen molar-refractivity contribution in [3.05, 3.63) is 84.7 Å². The van der Waals surface area contributed by atoms with Gasteiger partial charge in [-0.05, 0) is 48.5 Å². The first-order valence-corrected chi connectivity index (χ1v) is 10.4. The Hall–Kier alpha value is -4.10. The highest BCUT2D eigenvalue weighted by Gasteiger charge is 2.12. The maximum absolute atomic E-state index is 12.4. The van der Waals surface area contributed by atoms with Crippen LogP contribution >= 0.6 is 11.3 Å². The molecule has 0 aliphatic carbocycles. The smallest absolute Gasteiger partial charge is 0.248 e. The minimum atomic E-state index is -0.309. The van der Waals surface area contributed by atoms with Gasteiger partial charge in [0.05, 0.1) is 38.7 Å². The predicted molar refractivity (Wildman–Crippen MR) is 124 cm³/mol. The van der Waals surface area contributed by atoms with Gasteiger partial charge in [0.1, 0.15) is 10.8 Å². The summed E-state index contributed by atoms with van der Waals surface area (Å²) in [6.45, 7) is 0. The van der Waals surface area contributed by atoms with Crippen molar-refractivity contribution in [2.45, 2.75) is 0 Å². The average molecular weight is 424 g/mol. The van der Waals surface area contributed by atoms with Gasteiger partial charge in [0.15, 0.2) is 0 Å². The molecule has 6 nitrogen and oxygen atoms in total. The molecule has 5 aromatic rings. The minimum absolute atomic E-state index is 0.110. The molecule has 2 aromatic heterocycles. The molecule has 0 spiro atoms. The number of hydrogen-bond acceptors (Lipinski definition) is 6. The van der Waals surface area contributed by atoms with Crippen molar-refractivity contribution in [3.8, 4) is 16.3 Å². The van der Waals surface area contributed by atoms with E-state index in [1.807, 2.05) is 48.5 Å².